The molecule has 0 aliphatic carbocycles. The second-order valence-corrected chi connectivity index (χ2v) is 20.8. The molecule has 0 fully saturated rings. The van der Waals surface area contributed by atoms with Crippen molar-refractivity contribution in [3.05, 3.63) is 24.3 Å². The molecule has 392 valence electrons. The third-order valence-corrected chi connectivity index (χ3v) is 13.6. The van der Waals surface area contributed by atoms with Crippen molar-refractivity contribution in [1.82, 2.24) is 0 Å². The summed E-state index contributed by atoms with van der Waals surface area (Å²) in [6.45, 7) is 3.58. The zero-order chi connectivity index (χ0) is 48.1. The molecule has 0 saturated heterocycles. The first-order chi connectivity index (χ1) is 32.3. The average molecular weight is 957 g/mol. The number of rotatable bonds is 55. The predicted molar refractivity (Wildman–Crippen MR) is 279 cm³/mol. The minimum absolute atomic E-state index is 0.0522. The maximum absolute atomic E-state index is 12.7. The number of allylic oxidation sites excluding steroid dienone is 4. The molecule has 0 saturated carbocycles. The summed E-state index contributed by atoms with van der Waals surface area (Å²) >= 11 is 0. The van der Waals surface area contributed by atoms with Gasteiger partial charge in [0, 0.05) is 13.0 Å². The Hall–Kier alpha value is -1.06. The third-order valence-electron chi connectivity index (χ3n) is 12.6. The monoisotopic (exact) mass is 957 g/mol. The molecular formula is C56H109O9P. The van der Waals surface area contributed by atoms with Crippen LogP contribution in [0.25, 0.3) is 0 Å². The van der Waals surface area contributed by atoms with Crippen LogP contribution in [0.1, 0.15) is 284 Å². The highest BCUT2D eigenvalue weighted by Crippen LogP contribution is 2.43. The van der Waals surface area contributed by atoms with Gasteiger partial charge in [0.05, 0.1) is 26.4 Å². The van der Waals surface area contributed by atoms with Gasteiger partial charge in [-0.05, 0) is 64.2 Å². The Labute approximate surface area is 408 Å². The van der Waals surface area contributed by atoms with Crippen molar-refractivity contribution in [2.45, 2.75) is 296 Å². The molecule has 3 N–H and O–H groups in total. The average Bonchev–Trinajstić information content (AvgIpc) is 3.31. The van der Waals surface area contributed by atoms with Gasteiger partial charge in [-0.2, -0.15) is 0 Å². The first-order valence-electron chi connectivity index (χ1n) is 28.3. The Morgan fingerprint density at radius 1 is 0.455 bits per heavy atom. The van der Waals surface area contributed by atoms with Gasteiger partial charge in [0.15, 0.2) is 0 Å². The zero-order valence-corrected chi connectivity index (χ0v) is 44.3. The van der Waals surface area contributed by atoms with Crippen molar-refractivity contribution >= 4 is 13.8 Å². The standard InChI is InChI=1S/C56H109O9P/c1-3-5-7-9-11-13-15-17-19-21-23-25-26-27-29-31-33-35-37-39-41-43-45-47-49-62-52-55(53-64-66(60,61)63-51-54(58)50-57)65-56(59)48-46-44-42-40-38-36-34-32-30-28-24-22-20-18-16-14-12-10-8-6-4-2/h21-24,54-55,57-58H,3-20,25-53H2,1-2H3,(H,60,61)/b23-21-,24-22-. The maximum atomic E-state index is 12.7. The largest absolute Gasteiger partial charge is 0.472 e. The summed E-state index contributed by atoms with van der Waals surface area (Å²) in [6.07, 6.45) is 60.1. The molecule has 0 spiro atoms. The number of phosphoric ester groups is 1. The molecule has 3 atom stereocenters. The fraction of sp³-hybridized carbons (Fsp3) is 0.911. The number of aliphatic hydroxyl groups is 2. The molecule has 0 aromatic heterocycles. The van der Waals surface area contributed by atoms with E-state index in [4.69, 9.17) is 23.6 Å². The highest BCUT2D eigenvalue weighted by Gasteiger charge is 2.26. The fourth-order valence-corrected chi connectivity index (χ4v) is 9.08. The number of unbranched alkanes of at least 4 members (excludes halogenated alkanes) is 37. The van der Waals surface area contributed by atoms with Crippen molar-refractivity contribution in [3.63, 3.8) is 0 Å². The van der Waals surface area contributed by atoms with Gasteiger partial charge in [0.2, 0.25) is 0 Å². The van der Waals surface area contributed by atoms with Crippen molar-refractivity contribution in [1.29, 1.82) is 0 Å². The van der Waals surface area contributed by atoms with E-state index in [-0.39, 0.29) is 25.6 Å². The Kier molecular flexibility index (Phi) is 52.4. The Balaban J connectivity index is 3.99. The number of phosphoric acid groups is 1. The number of esters is 1. The normalized spacial score (nSPS) is 13.8. The van der Waals surface area contributed by atoms with E-state index in [1.807, 2.05) is 0 Å². The van der Waals surface area contributed by atoms with Gasteiger partial charge in [-0.25, -0.2) is 4.57 Å². The molecule has 0 aliphatic rings. The number of carbonyl (C=O) groups is 1. The fourth-order valence-electron chi connectivity index (χ4n) is 8.29. The predicted octanol–water partition coefficient (Wildman–Crippen LogP) is 16.9. The lowest BCUT2D eigenvalue weighted by Crippen LogP contribution is -2.29. The van der Waals surface area contributed by atoms with Gasteiger partial charge in [0.1, 0.15) is 12.2 Å². The lowest BCUT2D eigenvalue weighted by molar-refractivity contribution is -0.154. The van der Waals surface area contributed by atoms with E-state index in [2.05, 4.69) is 38.2 Å². The minimum atomic E-state index is -4.52. The molecule has 3 unspecified atom stereocenters. The van der Waals surface area contributed by atoms with Gasteiger partial charge in [-0.1, -0.05) is 237 Å². The van der Waals surface area contributed by atoms with Crippen molar-refractivity contribution in [3.8, 4) is 0 Å². The van der Waals surface area contributed by atoms with Crippen LogP contribution in [0.2, 0.25) is 0 Å². The first-order valence-corrected chi connectivity index (χ1v) is 29.8. The number of carbonyl (C=O) groups excluding carboxylic acids is 1. The second-order valence-electron chi connectivity index (χ2n) is 19.3. The summed E-state index contributed by atoms with van der Waals surface area (Å²) in [7, 11) is -4.52. The van der Waals surface area contributed by atoms with Crippen LogP contribution in [0.5, 0.6) is 0 Å². The van der Waals surface area contributed by atoms with Crippen molar-refractivity contribution in [2.75, 3.05) is 33.0 Å². The topological polar surface area (TPSA) is 132 Å². The lowest BCUT2D eigenvalue weighted by Gasteiger charge is -2.20. The molecule has 9 nitrogen and oxygen atoms in total. The van der Waals surface area contributed by atoms with Gasteiger partial charge < -0.3 is 24.6 Å². The van der Waals surface area contributed by atoms with Crippen LogP contribution in [0.3, 0.4) is 0 Å². The van der Waals surface area contributed by atoms with Gasteiger partial charge >= 0.3 is 13.8 Å². The van der Waals surface area contributed by atoms with Crippen molar-refractivity contribution in [2.24, 2.45) is 0 Å². The quantitative estimate of drug-likeness (QED) is 0.0236. The van der Waals surface area contributed by atoms with Gasteiger partial charge in [0.25, 0.3) is 0 Å². The molecule has 10 heteroatoms. The second kappa shape index (κ2) is 53.3. The molecule has 0 heterocycles. The molecule has 0 radical (unpaired) electrons. The van der Waals surface area contributed by atoms with Crippen LogP contribution in [0.4, 0.5) is 0 Å². The molecule has 0 aliphatic heterocycles. The van der Waals surface area contributed by atoms with Crippen LogP contribution in [0, 0.1) is 0 Å². The van der Waals surface area contributed by atoms with Crippen LogP contribution < -0.4 is 0 Å². The summed E-state index contributed by atoms with van der Waals surface area (Å²) in [4.78, 5) is 22.7. The van der Waals surface area contributed by atoms with E-state index in [9.17, 15) is 19.4 Å². The molecule has 0 aromatic carbocycles. The summed E-state index contributed by atoms with van der Waals surface area (Å²) in [5, 5.41) is 18.5. The minimum Gasteiger partial charge on any atom is -0.457 e. The SMILES string of the molecule is CCCCCCCCCC/C=C\CCCCCCCCCCCCCCOCC(COP(=O)(O)OCC(O)CO)OC(=O)CCCCCCCCCCC/C=C\CCCCCCCCCC. The number of hydrogen-bond acceptors (Lipinski definition) is 8. The Morgan fingerprint density at radius 3 is 1.14 bits per heavy atom. The molecule has 0 rings (SSSR count). The first kappa shape index (κ1) is 64.9. The van der Waals surface area contributed by atoms with E-state index >= 15 is 0 Å². The zero-order valence-electron chi connectivity index (χ0n) is 43.4. The molecule has 66 heavy (non-hydrogen) atoms. The van der Waals surface area contributed by atoms with E-state index in [1.54, 1.807) is 0 Å². The van der Waals surface area contributed by atoms with E-state index in [0.717, 1.165) is 32.1 Å². The van der Waals surface area contributed by atoms with Crippen LogP contribution in [-0.4, -0.2) is 66.3 Å². The summed E-state index contributed by atoms with van der Waals surface area (Å²) in [5.41, 5.74) is 0. The lowest BCUT2D eigenvalue weighted by atomic mass is 10.0. The van der Waals surface area contributed by atoms with Crippen LogP contribution in [-0.2, 0) is 27.9 Å². The number of aliphatic hydroxyl groups excluding tert-OH is 2. The molecular weight excluding hydrogens is 848 g/mol. The molecule has 0 amide bonds. The Bertz CT molecular complexity index is 1090. The smallest absolute Gasteiger partial charge is 0.457 e. The van der Waals surface area contributed by atoms with Crippen molar-refractivity contribution < 1.29 is 43.0 Å². The molecule has 0 aromatic rings. The van der Waals surface area contributed by atoms with Crippen LogP contribution >= 0.6 is 7.82 Å². The highest BCUT2D eigenvalue weighted by atomic mass is 31.2. The summed E-state index contributed by atoms with van der Waals surface area (Å²) in [6, 6.07) is 0. The number of ether oxygens (including phenoxy) is 2. The van der Waals surface area contributed by atoms with Crippen LogP contribution in [0.15, 0.2) is 24.3 Å². The highest BCUT2D eigenvalue weighted by molar-refractivity contribution is 7.47. The Morgan fingerprint density at radius 2 is 0.773 bits per heavy atom. The maximum Gasteiger partial charge on any atom is 0.472 e. The third kappa shape index (κ3) is 52.3. The number of hydrogen-bond donors (Lipinski definition) is 3. The van der Waals surface area contributed by atoms with E-state index in [1.165, 1.54) is 231 Å². The molecule has 0 bridgehead atoms. The summed E-state index contributed by atoms with van der Waals surface area (Å²) < 4.78 is 33.6. The van der Waals surface area contributed by atoms with E-state index in [0.29, 0.717) is 6.61 Å². The summed E-state index contributed by atoms with van der Waals surface area (Å²) in [5.74, 6) is -0.379. The van der Waals surface area contributed by atoms with Gasteiger partial charge in [-0.15, -0.1) is 0 Å². The van der Waals surface area contributed by atoms with E-state index < -0.39 is 33.2 Å². The van der Waals surface area contributed by atoms with Gasteiger partial charge in [-0.3, -0.25) is 13.8 Å².